The third kappa shape index (κ3) is 8.97. The van der Waals surface area contributed by atoms with Crippen LogP contribution in [0.25, 0.3) is 23.4 Å². The molecule has 0 spiro atoms. The monoisotopic (exact) mass is 837 g/mol. The van der Waals surface area contributed by atoms with E-state index in [4.69, 9.17) is 21.3 Å². The van der Waals surface area contributed by atoms with E-state index in [0.29, 0.717) is 51.2 Å². The number of fused-ring (bicyclic) bond motifs is 2. The molecule has 4 N–H and O–H groups in total. The Morgan fingerprint density at radius 1 is 0.900 bits per heavy atom. The summed E-state index contributed by atoms with van der Waals surface area (Å²) in [6, 6.07) is 10.1. The number of aromatic nitrogens is 6. The molecule has 1 atom stereocenters. The van der Waals surface area contributed by atoms with Gasteiger partial charge in [-0.15, -0.1) is 0 Å². The van der Waals surface area contributed by atoms with Gasteiger partial charge in [0.15, 0.2) is 11.3 Å². The minimum atomic E-state index is -0.651. The summed E-state index contributed by atoms with van der Waals surface area (Å²) in [7, 11) is 0. The lowest BCUT2D eigenvalue weighted by molar-refractivity contribution is -0.125. The summed E-state index contributed by atoms with van der Waals surface area (Å²) in [5.74, 6) is 0.0787. The summed E-state index contributed by atoms with van der Waals surface area (Å²) >= 11 is 6.24. The normalized spacial score (nSPS) is 18.4. The Hall–Kier alpha value is -6.69. The van der Waals surface area contributed by atoms with Gasteiger partial charge in [-0.1, -0.05) is 23.7 Å². The molecule has 60 heavy (non-hydrogen) atoms. The Balaban J connectivity index is 0.000000167. The number of hydrogen-bond donors (Lipinski definition) is 4. The molecule has 2 aliphatic heterocycles. The number of nitrogens with one attached hydrogen (secondary N) is 4. The zero-order valence-electron chi connectivity index (χ0n) is 33.1. The maximum Gasteiger partial charge on any atom is 0.416 e. The van der Waals surface area contributed by atoms with E-state index in [1.807, 2.05) is 13.0 Å². The molecule has 0 bridgehead atoms. The number of benzene rings is 1. The Morgan fingerprint density at radius 2 is 1.48 bits per heavy atom. The van der Waals surface area contributed by atoms with Crippen molar-refractivity contribution in [1.29, 1.82) is 0 Å². The lowest BCUT2D eigenvalue weighted by Gasteiger charge is -2.27. The number of ether oxygens (including phenoxy) is 1. The van der Waals surface area contributed by atoms with Gasteiger partial charge in [0.05, 0.1) is 25.2 Å². The number of carbonyl (C=O) groups excluding carboxylic acids is 5. The van der Waals surface area contributed by atoms with Crippen LogP contribution in [-0.4, -0.2) is 76.6 Å². The molecular weight excluding hydrogens is 797 g/mol. The van der Waals surface area contributed by atoms with Crippen LogP contribution in [0.15, 0.2) is 59.9 Å². The number of imide groups is 2. The van der Waals surface area contributed by atoms with Crippen LogP contribution in [0.1, 0.15) is 89.0 Å². The zero-order chi connectivity index (χ0) is 42.5. The van der Waals surface area contributed by atoms with Gasteiger partial charge in [0, 0.05) is 52.5 Å². The molecule has 4 aliphatic rings. The fraction of sp³-hybridized carbons (Fsp3) is 0.341. The zero-order valence-corrected chi connectivity index (χ0v) is 33.8. The smallest absolute Gasteiger partial charge is 0.416 e. The molecule has 17 nitrogen and oxygen atoms in total. The molecule has 4 aromatic heterocycles. The molecule has 1 aromatic carbocycles. The summed E-state index contributed by atoms with van der Waals surface area (Å²) in [5.41, 5.74) is 3.10. The average Bonchev–Trinajstić information content (AvgIpc) is 4.04. The Kier molecular flexibility index (Phi) is 10.6. The van der Waals surface area contributed by atoms with E-state index in [1.165, 1.54) is 22.8 Å². The summed E-state index contributed by atoms with van der Waals surface area (Å²) < 4.78 is 22.0. The predicted octanol–water partition coefficient (Wildman–Crippen LogP) is 5.76. The molecule has 5 amide bonds. The second-order valence-corrected chi connectivity index (χ2v) is 16.4. The summed E-state index contributed by atoms with van der Waals surface area (Å²) in [4.78, 5) is 70.2. The van der Waals surface area contributed by atoms with Crippen LogP contribution in [0.3, 0.4) is 0 Å². The molecule has 0 unspecified atom stereocenters. The first kappa shape index (κ1) is 40.1. The number of amides is 5. The number of rotatable bonds is 9. The van der Waals surface area contributed by atoms with Crippen molar-refractivity contribution in [2.45, 2.75) is 89.9 Å². The van der Waals surface area contributed by atoms with E-state index < -0.39 is 17.6 Å². The molecule has 5 aromatic rings. The molecular formula is C41H41ClFN11O6. The summed E-state index contributed by atoms with van der Waals surface area (Å²) in [6.45, 7) is 7.38. The second-order valence-electron chi connectivity index (χ2n) is 16.0. The lowest BCUT2D eigenvalue weighted by Crippen LogP contribution is -2.39. The van der Waals surface area contributed by atoms with Gasteiger partial charge in [-0.05, 0) is 83.2 Å². The first-order valence-corrected chi connectivity index (χ1v) is 19.8. The lowest BCUT2D eigenvalue weighted by atomic mass is 10.1. The van der Waals surface area contributed by atoms with Crippen molar-refractivity contribution in [1.82, 2.24) is 39.8 Å². The van der Waals surface area contributed by atoms with Crippen molar-refractivity contribution >= 4 is 82.2 Å². The third-order valence-electron chi connectivity index (χ3n) is 9.81. The molecule has 9 rings (SSSR count). The molecule has 0 radical (unpaired) electrons. The molecule has 2 saturated carbocycles. The van der Waals surface area contributed by atoms with Crippen LogP contribution in [0.5, 0.6) is 0 Å². The first-order valence-electron chi connectivity index (χ1n) is 19.4. The fourth-order valence-electron chi connectivity index (χ4n) is 6.65. The average molecular weight is 838 g/mol. The van der Waals surface area contributed by atoms with Crippen molar-refractivity contribution in [3.8, 4) is 0 Å². The highest BCUT2D eigenvalue weighted by Gasteiger charge is 2.38. The van der Waals surface area contributed by atoms with E-state index in [2.05, 4.69) is 36.4 Å². The van der Waals surface area contributed by atoms with Gasteiger partial charge in [0.25, 0.3) is 11.8 Å². The van der Waals surface area contributed by atoms with Crippen LogP contribution in [-0.2, 0) is 23.9 Å². The molecule has 2 saturated heterocycles. The number of nitrogens with zero attached hydrogens (tertiary/aromatic N) is 7. The Bertz CT molecular complexity index is 2640. The second kappa shape index (κ2) is 15.8. The van der Waals surface area contributed by atoms with Crippen LogP contribution in [0.4, 0.5) is 26.6 Å². The van der Waals surface area contributed by atoms with Crippen molar-refractivity contribution in [2.75, 3.05) is 15.5 Å². The quantitative estimate of drug-likeness (QED) is 0.0795. The summed E-state index contributed by atoms with van der Waals surface area (Å²) in [5, 5.41) is 20.3. The van der Waals surface area contributed by atoms with E-state index in [0.717, 1.165) is 37.1 Å². The van der Waals surface area contributed by atoms with Crippen molar-refractivity contribution in [3.63, 3.8) is 0 Å². The van der Waals surface area contributed by atoms with Crippen molar-refractivity contribution in [2.24, 2.45) is 0 Å². The van der Waals surface area contributed by atoms with Crippen molar-refractivity contribution in [3.05, 3.63) is 87.6 Å². The Morgan fingerprint density at radius 3 is 2.02 bits per heavy atom. The standard InChI is InChI=1S/C22H21FN6O2.C19H20ClN5O4/c1-12(13-2-4-16(23)5-3-13)25-18-10-19(26-17-6-7-17)29-21(27-18)15(11-24-29)8-14-9-20(30)28-22(14)31;1-19(2,3)29-18(28)24(12-4-5-12)15-8-13(20)22-16-11(9-21-25(15)16)6-10-7-14(26)23-17(10)27/h2-5,8,10-12,17,26H,6-7,9H2,1H3,(H,25,27)(H,28,30,31);6,8-9,12H,4-5,7H2,1-3H3,(H,23,26,27)/b14-8+;10-6+/t12-;/m1./s1. The van der Waals surface area contributed by atoms with Crippen LogP contribution in [0, 0.1) is 5.82 Å². The van der Waals surface area contributed by atoms with Gasteiger partial charge in [0.1, 0.15) is 34.0 Å². The minimum absolute atomic E-state index is 0.00393. The SMILES string of the molecule is CC(C)(C)OC(=O)N(c1cc(Cl)nc2c(/C=C3\CC(=O)NC3=O)cnn12)C1CC1.C[C@@H](Nc1cc(NC2CC2)n2ncc(/C=C3\CC(=O)NC3=O)c2n1)c1ccc(F)cc1. The van der Waals surface area contributed by atoms with Gasteiger partial charge in [-0.2, -0.15) is 19.2 Å². The maximum absolute atomic E-state index is 13.3. The Labute approximate surface area is 347 Å². The molecule has 4 fully saturated rings. The molecule has 2 aliphatic carbocycles. The number of carbonyl (C=O) groups is 5. The van der Waals surface area contributed by atoms with Crippen molar-refractivity contribution < 1.29 is 33.1 Å². The molecule has 310 valence electrons. The van der Waals surface area contributed by atoms with Gasteiger partial charge < -0.3 is 15.4 Å². The summed E-state index contributed by atoms with van der Waals surface area (Å²) in [6.07, 6.45) is 9.81. The van der Waals surface area contributed by atoms with Gasteiger partial charge in [-0.3, -0.25) is 34.7 Å². The van der Waals surface area contributed by atoms with Crippen LogP contribution >= 0.6 is 11.6 Å². The van der Waals surface area contributed by atoms with Gasteiger partial charge in [0.2, 0.25) is 11.8 Å². The number of halogens is 2. The molecule has 6 heterocycles. The topological polar surface area (TPSA) is 206 Å². The van der Waals surface area contributed by atoms with E-state index >= 15 is 0 Å². The highest BCUT2D eigenvalue weighted by Crippen LogP contribution is 2.35. The van der Waals surface area contributed by atoms with Gasteiger partial charge >= 0.3 is 6.09 Å². The first-order chi connectivity index (χ1) is 28.6. The number of hydrogen-bond acceptors (Lipinski definition) is 12. The maximum atomic E-state index is 13.3. The largest absolute Gasteiger partial charge is 0.443 e. The number of anilines is 3. The fourth-order valence-corrected chi connectivity index (χ4v) is 6.83. The predicted molar refractivity (Wildman–Crippen MR) is 219 cm³/mol. The van der Waals surface area contributed by atoms with Crippen LogP contribution < -0.4 is 26.2 Å². The highest BCUT2D eigenvalue weighted by molar-refractivity contribution is 6.30. The minimum Gasteiger partial charge on any atom is -0.443 e. The van der Waals surface area contributed by atoms with E-state index in [9.17, 15) is 28.4 Å². The highest BCUT2D eigenvalue weighted by atomic mass is 35.5. The van der Waals surface area contributed by atoms with Crippen LogP contribution in [0.2, 0.25) is 5.15 Å². The van der Waals surface area contributed by atoms with Gasteiger partial charge in [-0.25, -0.2) is 19.2 Å². The third-order valence-corrected chi connectivity index (χ3v) is 10.0. The van der Waals surface area contributed by atoms with E-state index in [1.54, 1.807) is 66.7 Å². The molecule has 19 heteroatoms. The van der Waals surface area contributed by atoms with E-state index in [-0.39, 0.29) is 53.6 Å².